The van der Waals surface area contributed by atoms with Crippen LogP contribution in [0.5, 0.6) is 0 Å². The largest absolute Gasteiger partial charge is 0.337 e. The van der Waals surface area contributed by atoms with Gasteiger partial charge < -0.3 is 4.90 Å². The molecule has 0 aliphatic carbocycles. The van der Waals surface area contributed by atoms with E-state index in [0.717, 1.165) is 49.3 Å². The number of likely N-dealkylation sites (tertiary alicyclic amines) is 1. The van der Waals surface area contributed by atoms with Crippen LogP contribution in [-0.2, 0) is 6.42 Å². The summed E-state index contributed by atoms with van der Waals surface area (Å²) in [6.45, 7) is 1.58. The van der Waals surface area contributed by atoms with Crippen LogP contribution in [-0.4, -0.2) is 33.7 Å². The summed E-state index contributed by atoms with van der Waals surface area (Å²) in [5.74, 6) is 0.682. The molecular weight excluding hydrogens is 394 g/mol. The number of hydrogen-bond acceptors (Lipinski definition) is 2. The van der Waals surface area contributed by atoms with Crippen LogP contribution >= 0.6 is 0 Å². The number of aromatic nitrogens is 2. The number of hydrogen-bond donors (Lipinski definition) is 0. The van der Waals surface area contributed by atoms with Gasteiger partial charge >= 0.3 is 0 Å². The minimum atomic E-state index is 0.0571. The molecule has 0 radical (unpaired) electrons. The maximum absolute atomic E-state index is 13.6. The molecule has 1 aliphatic heterocycles. The fourth-order valence-corrected chi connectivity index (χ4v) is 4.50. The average Bonchev–Trinajstić information content (AvgIpc) is 3.31. The molecule has 4 heteroatoms. The molecule has 2 heterocycles. The zero-order valence-corrected chi connectivity index (χ0v) is 18.1. The highest BCUT2D eigenvalue weighted by Crippen LogP contribution is 2.26. The average molecular weight is 422 g/mol. The topological polar surface area (TPSA) is 38.1 Å². The lowest BCUT2D eigenvalue weighted by Crippen LogP contribution is -2.39. The van der Waals surface area contributed by atoms with Gasteiger partial charge in [0.2, 0.25) is 0 Å². The Labute approximate surface area is 189 Å². The lowest BCUT2D eigenvalue weighted by Gasteiger charge is -2.32. The minimum Gasteiger partial charge on any atom is -0.337 e. The molecule has 0 N–H and O–H groups in total. The van der Waals surface area contributed by atoms with E-state index in [1.165, 1.54) is 5.56 Å². The molecule has 1 saturated heterocycles. The molecule has 0 saturated carbocycles. The number of rotatable bonds is 5. The first-order valence-electron chi connectivity index (χ1n) is 11.3. The Bertz CT molecular complexity index is 1160. The number of nitrogens with zero attached hydrogens (tertiary/aromatic N) is 3. The Morgan fingerprint density at radius 2 is 1.41 bits per heavy atom. The number of para-hydroxylation sites is 1. The van der Waals surface area contributed by atoms with Crippen molar-refractivity contribution in [3.8, 4) is 16.9 Å². The Balaban J connectivity index is 1.37. The SMILES string of the molecule is O=C(c1cc(-c2ccccc2)nn1-c1ccccc1)N1CCC(Cc2ccccc2)CC1. The molecule has 0 unspecified atom stereocenters. The molecule has 1 aromatic heterocycles. The van der Waals surface area contributed by atoms with Gasteiger partial charge in [-0.2, -0.15) is 5.10 Å². The monoisotopic (exact) mass is 421 g/mol. The van der Waals surface area contributed by atoms with Crippen molar-refractivity contribution >= 4 is 5.91 Å². The molecule has 4 nitrogen and oxygen atoms in total. The quantitative estimate of drug-likeness (QED) is 0.419. The summed E-state index contributed by atoms with van der Waals surface area (Å²) in [4.78, 5) is 15.6. The molecule has 5 rings (SSSR count). The van der Waals surface area contributed by atoms with Crippen LogP contribution < -0.4 is 0 Å². The summed E-state index contributed by atoms with van der Waals surface area (Å²) in [5.41, 5.74) is 4.73. The molecular formula is C28H27N3O. The van der Waals surface area contributed by atoms with Gasteiger partial charge in [-0.25, -0.2) is 4.68 Å². The van der Waals surface area contributed by atoms with E-state index in [9.17, 15) is 4.79 Å². The fourth-order valence-electron chi connectivity index (χ4n) is 4.50. The zero-order valence-electron chi connectivity index (χ0n) is 18.1. The van der Waals surface area contributed by atoms with Gasteiger partial charge in [-0.15, -0.1) is 0 Å². The maximum Gasteiger partial charge on any atom is 0.272 e. The third-order valence-corrected chi connectivity index (χ3v) is 6.27. The number of benzene rings is 3. The summed E-state index contributed by atoms with van der Waals surface area (Å²) in [7, 11) is 0. The van der Waals surface area contributed by atoms with E-state index in [4.69, 9.17) is 5.10 Å². The van der Waals surface area contributed by atoms with E-state index in [1.807, 2.05) is 71.6 Å². The van der Waals surface area contributed by atoms with Crippen LogP contribution in [0.3, 0.4) is 0 Å². The molecule has 4 aromatic rings. The third kappa shape index (κ3) is 4.35. The van der Waals surface area contributed by atoms with E-state index < -0.39 is 0 Å². The number of piperidine rings is 1. The van der Waals surface area contributed by atoms with Crippen LogP contribution in [0.4, 0.5) is 0 Å². The van der Waals surface area contributed by atoms with Crippen molar-refractivity contribution in [2.24, 2.45) is 5.92 Å². The summed E-state index contributed by atoms with van der Waals surface area (Å²) >= 11 is 0. The normalized spacial score (nSPS) is 14.4. The van der Waals surface area contributed by atoms with E-state index in [-0.39, 0.29) is 5.91 Å². The minimum absolute atomic E-state index is 0.0571. The van der Waals surface area contributed by atoms with Gasteiger partial charge in [-0.1, -0.05) is 78.9 Å². The van der Waals surface area contributed by atoms with Crippen LogP contribution in [0, 0.1) is 5.92 Å². The molecule has 1 aliphatic rings. The molecule has 160 valence electrons. The second kappa shape index (κ2) is 9.23. The van der Waals surface area contributed by atoms with Crippen LogP contribution in [0.2, 0.25) is 0 Å². The van der Waals surface area contributed by atoms with Gasteiger partial charge in [-0.05, 0) is 48.9 Å². The molecule has 3 aromatic carbocycles. The van der Waals surface area contributed by atoms with Gasteiger partial charge in [0.05, 0.1) is 11.4 Å². The van der Waals surface area contributed by atoms with E-state index >= 15 is 0 Å². The fraction of sp³-hybridized carbons (Fsp3) is 0.214. The van der Waals surface area contributed by atoms with Crippen molar-refractivity contribution < 1.29 is 4.79 Å². The summed E-state index contributed by atoms with van der Waals surface area (Å²) in [6, 6.07) is 32.5. The predicted molar refractivity (Wildman–Crippen MR) is 128 cm³/mol. The van der Waals surface area contributed by atoms with Gasteiger partial charge in [0.25, 0.3) is 5.91 Å². The number of amides is 1. The molecule has 0 bridgehead atoms. The number of carbonyl (C=O) groups is 1. The van der Waals surface area contributed by atoms with E-state index in [2.05, 4.69) is 30.3 Å². The van der Waals surface area contributed by atoms with Gasteiger partial charge in [0, 0.05) is 18.7 Å². The van der Waals surface area contributed by atoms with E-state index in [1.54, 1.807) is 4.68 Å². The maximum atomic E-state index is 13.6. The second-order valence-electron chi connectivity index (χ2n) is 8.45. The smallest absolute Gasteiger partial charge is 0.272 e. The third-order valence-electron chi connectivity index (χ3n) is 6.27. The summed E-state index contributed by atoms with van der Waals surface area (Å²) in [5, 5.41) is 4.81. The van der Waals surface area contributed by atoms with Crippen LogP contribution in [0.1, 0.15) is 28.9 Å². The Morgan fingerprint density at radius 1 is 0.812 bits per heavy atom. The highest BCUT2D eigenvalue weighted by molar-refractivity contribution is 5.94. The highest BCUT2D eigenvalue weighted by atomic mass is 16.2. The Hall–Kier alpha value is -3.66. The van der Waals surface area contributed by atoms with Crippen LogP contribution in [0.15, 0.2) is 97.1 Å². The van der Waals surface area contributed by atoms with Crippen molar-refractivity contribution in [3.63, 3.8) is 0 Å². The van der Waals surface area contributed by atoms with Crippen molar-refractivity contribution in [2.75, 3.05) is 13.1 Å². The number of carbonyl (C=O) groups excluding carboxylic acids is 1. The first-order chi connectivity index (χ1) is 15.8. The van der Waals surface area contributed by atoms with Crippen molar-refractivity contribution in [3.05, 3.63) is 108 Å². The summed E-state index contributed by atoms with van der Waals surface area (Å²) < 4.78 is 1.79. The van der Waals surface area contributed by atoms with Gasteiger partial charge in [0.15, 0.2) is 0 Å². The predicted octanol–water partition coefficient (Wildman–Crippen LogP) is 5.63. The van der Waals surface area contributed by atoms with Gasteiger partial charge in [0.1, 0.15) is 5.69 Å². The standard InChI is InChI=1S/C28H27N3O/c32-28(30-18-16-23(17-19-30)20-22-10-4-1-5-11-22)27-21-26(24-12-6-2-7-13-24)29-31(27)25-14-8-3-9-15-25/h1-15,21,23H,16-20H2. The lowest BCUT2D eigenvalue weighted by molar-refractivity contribution is 0.0681. The molecule has 32 heavy (non-hydrogen) atoms. The highest BCUT2D eigenvalue weighted by Gasteiger charge is 2.27. The zero-order chi connectivity index (χ0) is 21.8. The molecule has 1 fully saturated rings. The molecule has 0 spiro atoms. The van der Waals surface area contributed by atoms with Crippen molar-refractivity contribution in [2.45, 2.75) is 19.3 Å². The van der Waals surface area contributed by atoms with E-state index in [0.29, 0.717) is 11.6 Å². The van der Waals surface area contributed by atoms with Crippen LogP contribution in [0.25, 0.3) is 16.9 Å². The van der Waals surface area contributed by atoms with Gasteiger partial charge in [-0.3, -0.25) is 4.79 Å². The summed E-state index contributed by atoms with van der Waals surface area (Å²) in [6.07, 6.45) is 3.15. The Kier molecular flexibility index (Phi) is 5.84. The first-order valence-corrected chi connectivity index (χ1v) is 11.3. The molecule has 0 atom stereocenters. The van der Waals surface area contributed by atoms with Crippen molar-refractivity contribution in [1.29, 1.82) is 0 Å². The second-order valence-corrected chi connectivity index (χ2v) is 8.45. The lowest BCUT2D eigenvalue weighted by atomic mass is 9.90. The first kappa shape index (κ1) is 20.3. The Morgan fingerprint density at radius 3 is 2.06 bits per heavy atom. The van der Waals surface area contributed by atoms with Crippen molar-refractivity contribution in [1.82, 2.24) is 14.7 Å². The molecule has 1 amide bonds.